The fourth-order valence-corrected chi connectivity index (χ4v) is 3.19. The monoisotopic (exact) mass is 330 g/mol. The quantitative estimate of drug-likeness (QED) is 0.807. The summed E-state index contributed by atoms with van der Waals surface area (Å²) in [5, 5.41) is 6.22. The van der Waals surface area contributed by atoms with Gasteiger partial charge in [0.2, 0.25) is 5.91 Å². The van der Waals surface area contributed by atoms with E-state index in [1.54, 1.807) is 0 Å². The Bertz CT molecular complexity index is 677. The first-order chi connectivity index (χ1) is 11.8. The maximum atomic E-state index is 11.9. The Balaban J connectivity index is 1.46. The molecule has 2 heterocycles. The van der Waals surface area contributed by atoms with E-state index in [4.69, 9.17) is 4.74 Å². The number of carbonyl (C=O) groups is 1. The highest BCUT2D eigenvalue weighted by atomic mass is 16.5. The van der Waals surface area contributed by atoms with Crippen LogP contribution >= 0.6 is 0 Å². The van der Waals surface area contributed by atoms with Gasteiger partial charge in [-0.2, -0.15) is 0 Å². The van der Waals surface area contributed by atoms with E-state index < -0.39 is 0 Å². The highest BCUT2D eigenvalue weighted by molar-refractivity contribution is 5.77. The van der Waals surface area contributed by atoms with Crippen LogP contribution in [0.4, 0.5) is 0 Å². The molecule has 24 heavy (non-hydrogen) atoms. The molecule has 1 amide bonds. The Kier molecular flexibility index (Phi) is 5.82. The number of nitrogens with one attached hydrogen (secondary N) is 2. The first-order valence-electron chi connectivity index (χ1n) is 8.81. The van der Waals surface area contributed by atoms with Crippen LogP contribution in [0.5, 0.6) is 0 Å². The first kappa shape index (κ1) is 16.9. The normalized spacial score (nSPS) is 15.7. The van der Waals surface area contributed by atoms with E-state index in [0.717, 1.165) is 55.8 Å². The average Bonchev–Trinajstić information content (AvgIpc) is 2.98. The van der Waals surface area contributed by atoms with E-state index in [2.05, 4.69) is 33.2 Å². The van der Waals surface area contributed by atoms with Crippen LogP contribution in [0.1, 0.15) is 25.6 Å². The maximum Gasteiger partial charge on any atom is 0.246 e. The second-order valence-electron chi connectivity index (χ2n) is 6.12. The van der Waals surface area contributed by atoms with Crippen LogP contribution in [-0.4, -0.2) is 47.8 Å². The summed E-state index contributed by atoms with van der Waals surface area (Å²) >= 11 is 0. The fourth-order valence-electron chi connectivity index (χ4n) is 3.19. The Hall–Kier alpha value is -1.92. The summed E-state index contributed by atoms with van der Waals surface area (Å²) in [7, 11) is 0. The standard InChI is InChI=1S/C18H26N4O2/c1-2-22-16-6-4-3-5-15(16)21-17(22)9-12-20-18(23)13-24-14-7-10-19-11-8-14/h3-6,14,19H,2,7-13H2,1H3,(H,20,23). The second-order valence-corrected chi connectivity index (χ2v) is 6.12. The minimum atomic E-state index is -0.0484. The lowest BCUT2D eigenvalue weighted by molar-refractivity contribution is -0.128. The van der Waals surface area contributed by atoms with Gasteiger partial charge in [0.25, 0.3) is 0 Å². The van der Waals surface area contributed by atoms with Crippen molar-refractivity contribution >= 4 is 16.9 Å². The van der Waals surface area contributed by atoms with E-state index in [1.165, 1.54) is 0 Å². The molecule has 0 saturated carbocycles. The third kappa shape index (κ3) is 4.13. The summed E-state index contributed by atoms with van der Waals surface area (Å²) in [5.41, 5.74) is 2.16. The number of aromatic nitrogens is 2. The average molecular weight is 330 g/mol. The lowest BCUT2D eigenvalue weighted by Gasteiger charge is -2.22. The number of hydrogen-bond donors (Lipinski definition) is 2. The Morgan fingerprint density at radius 1 is 1.38 bits per heavy atom. The first-order valence-corrected chi connectivity index (χ1v) is 8.81. The zero-order valence-corrected chi connectivity index (χ0v) is 14.3. The number of hydrogen-bond acceptors (Lipinski definition) is 4. The number of nitrogens with zero attached hydrogens (tertiary/aromatic N) is 2. The second kappa shape index (κ2) is 8.26. The molecule has 1 aliphatic heterocycles. The van der Waals surface area contributed by atoms with Crippen LogP contribution in [-0.2, 0) is 22.5 Å². The van der Waals surface area contributed by atoms with Gasteiger partial charge in [-0.05, 0) is 45.0 Å². The van der Waals surface area contributed by atoms with Gasteiger partial charge in [0.15, 0.2) is 0 Å². The summed E-state index contributed by atoms with van der Waals surface area (Å²) in [4.78, 5) is 16.6. The molecule has 6 heteroatoms. The topological polar surface area (TPSA) is 68.2 Å². The van der Waals surface area contributed by atoms with Gasteiger partial charge in [-0.25, -0.2) is 4.98 Å². The smallest absolute Gasteiger partial charge is 0.246 e. The van der Waals surface area contributed by atoms with Crippen LogP contribution in [0.25, 0.3) is 11.0 Å². The molecule has 1 aliphatic rings. The molecular formula is C18H26N4O2. The predicted octanol–water partition coefficient (Wildman–Crippen LogP) is 1.48. The molecule has 0 aliphatic carbocycles. The number of rotatable bonds is 7. The molecule has 0 bridgehead atoms. The zero-order valence-electron chi connectivity index (χ0n) is 14.3. The molecule has 6 nitrogen and oxygen atoms in total. The molecule has 1 fully saturated rings. The Morgan fingerprint density at radius 3 is 2.96 bits per heavy atom. The van der Waals surface area contributed by atoms with Crippen LogP contribution < -0.4 is 10.6 Å². The van der Waals surface area contributed by atoms with Crippen molar-refractivity contribution in [1.82, 2.24) is 20.2 Å². The van der Waals surface area contributed by atoms with E-state index >= 15 is 0 Å². The molecule has 1 aromatic heterocycles. The Labute approximate surface area is 142 Å². The van der Waals surface area contributed by atoms with E-state index in [-0.39, 0.29) is 18.6 Å². The van der Waals surface area contributed by atoms with Crippen LogP contribution in [0.15, 0.2) is 24.3 Å². The van der Waals surface area contributed by atoms with Gasteiger partial charge < -0.3 is 19.9 Å². The number of benzene rings is 1. The summed E-state index contributed by atoms with van der Waals surface area (Å²) in [6, 6.07) is 8.14. The summed E-state index contributed by atoms with van der Waals surface area (Å²) < 4.78 is 7.87. The molecule has 2 aromatic rings. The predicted molar refractivity (Wildman–Crippen MR) is 94.0 cm³/mol. The molecule has 0 unspecified atom stereocenters. The lowest BCUT2D eigenvalue weighted by atomic mass is 10.1. The zero-order chi connectivity index (χ0) is 16.8. The molecule has 0 atom stereocenters. The highest BCUT2D eigenvalue weighted by Crippen LogP contribution is 2.16. The molecule has 3 rings (SSSR count). The molecule has 0 spiro atoms. The van der Waals surface area contributed by atoms with Gasteiger partial charge in [-0.15, -0.1) is 0 Å². The lowest BCUT2D eigenvalue weighted by Crippen LogP contribution is -2.36. The minimum Gasteiger partial charge on any atom is -0.368 e. The largest absolute Gasteiger partial charge is 0.368 e. The van der Waals surface area contributed by atoms with Crippen LogP contribution in [0.2, 0.25) is 0 Å². The van der Waals surface area contributed by atoms with Gasteiger partial charge in [0.1, 0.15) is 12.4 Å². The van der Waals surface area contributed by atoms with Gasteiger partial charge >= 0.3 is 0 Å². The third-order valence-corrected chi connectivity index (χ3v) is 4.46. The number of ether oxygens (including phenoxy) is 1. The van der Waals surface area contributed by atoms with E-state index in [9.17, 15) is 4.79 Å². The SMILES string of the molecule is CCn1c(CCNC(=O)COC2CCNCC2)nc2ccccc21. The van der Waals surface area contributed by atoms with Crippen molar-refractivity contribution in [3.05, 3.63) is 30.1 Å². The van der Waals surface area contributed by atoms with E-state index in [1.807, 2.05) is 18.2 Å². The van der Waals surface area contributed by atoms with Crippen molar-refractivity contribution in [3.63, 3.8) is 0 Å². The summed E-state index contributed by atoms with van der Waals surface area (Å²) in [5.74, 6) is 0.964. The van der Waals surface area contributed by atoms with E-state index in [0.29, 0.717) is 6.54 Å². The number of para-hydroxylation sites is 2. The van der Waals surface area contributed by atoms with Crippen molar-refractivity contribution in [3.8, 4) is 0 Å². The molecular weight excluding hydrogens is 304 g/mol. The molecule has 2 N–H and O–H groups in total. The number of imidazole rings is 1. The fraction of sp³-hybridized carbons (Fsp3) is 0.556. The van der Waals surface area contributed by atoms with Gasteiger partial charge in [0.05, 0.1) is 17.1 Å². The Morgan fingerprint density at radius 2 is 2.17 bits per heavy atom. The molecule has 1 saturated heterocycles. The maximum absolute atomic E-state index is 11.9. The number of piperidine rings is 1. The van der Waals surface area contributed by atoms with Crippen molar-refractivity contribution < 1.29 is 9.53 Å². The molecule has 1 aromatic carbocycles. The van der Waals surface area contributed by atoms with Crippen molar-refractivity contribution in [2.24, 2.45) is 0 Å². The van der Waals surface area contributed by atoms with Crippen LogP contribution in [0, 0.1) is 0 Å². The highest BCUT2D eigenvalue weighted by Gasteiger charge is 2.15. The van der Waals surface area contributed by atoms with Gasteiger partial charge in [0, 0.05) is 19.5 Å². The summed E-state index contributed by atoms with van der Waals surface area (Å²) in [6.07, 6.45) is 2.89. The van der Waals surface area contributed by atoms with Gasteiger partial charge in [-0.3, -0.25) is 4.79 Å². The van der Waals surface area contributed by atoms with Gasteiger partial charge in [-0.1, -0.05) is 12.1 Å². The number of fused-ring (bicyclic) bond motifs is 1. The molecule has 130 valence electrons. The number of carbonyl (C=O) groups excluding carboxylic acids is 1. The van der Waals surface area contributed by atoms with Crippen molar-refractivity contribution in [1.29, 1.82) is 0 Å². The number of amides is 1. The third-order valence-electron chi connectivity index (χ3n) is 4.46. The minimum absolute atomic E-state index is 0.0484. The van der Waals surface area contributed by atoms with Crippen molar-refractivity contribution in [2.75, 3.05) is 26.2 Å². The number of aryl methyl sites for hydroxylation is 1. The van der Waals surface area contributed by atoms with Crippen LogP contribution in [0.3, 0.4) is 0 Å². The summed E-state index contributed by atoms with van der Waals surface area (Å²) in [6.45, 7) is 5.66. The van der Waals surface area contributed by atoms with Crippen molar-refractivity contribution in [2.45, 2.75) is 38.8 Å². The molecule has 0 radical (unpaired) electrons.